The van der Waals surface area contributed by atoms with Gasteiger partial charge < -0.3 is 20.4 Å². The lowest BCUT2D eigenvalue weighted by molar-refractivity contribution is -0.135. The lowest BCUT2D eigenvalue weighted by Gasteiger charge is -2.34. The first kappa shape index (κ1) is 37.0. The fourth-order valence-corrected chi connectivity index (χ4v) is 6.89. The van der Waals surface area contributed by atoms with Gasteiger partial charge in [0.15, 0.2) is 0 Å². The zero-order chi connectivity index (χ0) is 35.9. The van der Waals surface area contributed by atoms with Crippen molar-refractivity contribution in [3.8, 4) is 5.69 Å². The Kier molecular flexibility index (Phi) is 12.0. The molecule has 14 heteroatoms. The van der Waals surface area contributed by atoms with Crippen LogP contribution in [-0.2, 0) is 14.9 Å². The van der Waals surface area contributed by atoms with Gasteiger partial charge in [0, 0.05) is 43.7 Å². The molecule has 0 radical (unpaired) electrons. The summed E-state index contributed by atoms with van der Waals surface area (Å²) in [4.78, 5) is 30.6. The second-order valence-corrected chi connectivity index (χ2v) is 15.2. The molecule has 50 heavy (non-hydrogen) atoms. The van der Waals surface area contributed by atoms with Crippen molar-refractivity contribution in [2.45, 2.75) is 55.9 Å². The number of hydrogen-bond acceptors (Lipinski definition) is 8. The Morgan fingerprint density at radius 3 is 2.36 bits per heavy atom. The first-order chi connectivity index (χ1) is 23.9. The maximum absolute atomic E-state index is 13.4. The quantitative estimate of drug-likeness (QED) is 0.201. The van der Waals surface area contributed by atoms with Gasteiger partial charge in [-0.1, -0.05) is 48.6 Å². The molecule has 1 saturated carbocycles. The molecular weight excluding hydrogens is 662 g/mol. The van der Waals surface area contributed by atoms with Crippen molar-refractivity contribution in [3.63, 3.8) is 0 Å². The van der Waals surface area contributed by atoms with Gasteiger partial charge in [0.1, 0.15) is 16.6 Å². The Morgan fingerprint density at radius 1 is 1.06 bits per heavy atom. The zero-order valence-electron chi connectivity index (χ0n) is 28.7. The van der Waals surface area contributed by atoms with E-state index < -0.39 is 20.9 Å². The van der Waals surface area contributed by atoms with Crippen molar-refractivity contribution in [2.24, 2.45) is 5.92 Å². The summed E-state index contributed by atoms with van der Waals surface area (Å²) < 4.78 is 44.6. The summed E-state index contributed by atoms with van der Waals surface area (Å²) in [5, 5.41) is 14.3. The van der Waals surface area contributed by atoms with Crippen LogP contribution in [0.15, 0.2) is 85.2 Å². The number of nitrogens with one attached hydrogen (secondary N) is 2. The van der Waals surface area contributed by atoms with Gasteiger partial charge >= 0.3 is 0 Å². The molecule has 2 fully saturated rings. The van der Waals surface area contributed by atoms with Crippen LogP contribution < -0.4 is 10.6 Å². The van der Waals surface area contributed by atoms with E-state index in [1.807, 2.05) is 24.1 Å². The Labute approximate surface area is 293 Å². The largest absolute Gasteiger partial charge is 0.340 e. The molecule has 2 aromatic carbocycles. The normalized spacial score (nSPS) is 23.9. The fraction of sp³-hybridized carbons (Fsp3) is 0.444. The van der Waals surface area contributed by atoms with Crippen LogP contribution >= 0.6 is 0 Å². The highest BCUT2D eigenvalue weighted by Gasteiger charge is 2.40. The van der Waals surface area contributed by atoms with E-state index >= 15 is 0 Å². The molecule has 0 bridgehead atoms. The van der Waals surface area contributed by atoms with Crippen molar-refractivity contribution in [2.75, 3.05) is 39.8 Å². The molecule has 2 aliphatic carbocycles. The monoisotopic (exact) mass is 707 g/mol. The van der Waals surface area contributed by atoms with Gasteiger partial charge in [0.25, 0.3) is 16.0 Å². The van der Waals surface area contributed by atoms with Gasteiger partial charge in [-0.3, -0.25) is 14.1 Å². The van der Waals surface area contributed by atoms with E-state index in [9.17, 15) is 22.4 Å². The number of aromatic nitrogens is 3. The third-order valence-corrected chi connectivity index (χ3v) is 11.4. The number of amides is 2. The first-order valence-electron chi connectivity index (χ1n) is 16.9. The van der Waals surface area contributed by atoms with E-state index in [2.05, 4.69) is 25.8 Å². The smallest absolute Gasteiger partial charge is 0.274 e. The third-order valence-electron chi connectivity index (χ3n) is 9.80. The molecule has 1 saturated heterocycles. The minimum absolute atomic E-state index is 0.0266. The predicted octanol–water partition coefficient (Wildman–Crippen LogP) is 3.60. The van der Waals surface area contributed by atoms with Gasteiger partial charge in [0.2, 0.25) is 5.91 Å². The summed E-state index contributed by atoms with van der Waals surface area (Å²) in [6, 6.07) is 13.5. The molecule has 2 unspecified atom stereocenters. The van der Waals surface area contributed by atoms with Crippen molar-refractivity contribution in [3.05, 3.63) is 102 Å². The zero-order valence-corrected chi connectivity index (χ0v) is 29.5. The minimum atomic E-state index is -4.01. The van der Waals surface area contributed by atoms with Gasteiger partial charge in [0.05, 0.1) is 18.1 Å². The predicted molar refractivity (Wildman–Crippen MR) is 189 cm³/mol. The van der Waals surface area contributed by atoms with E-state index in [1.54, 1.807) is 66.5 Å². The highest BCUT2D eigenvalue weighted by molar-refractivity contribution is 7.87. The van der Waals surface area contributed by atoms with Crippen LogP contribution in [0, 0.1) is 11.7 Å². The highest BCUT2D eigenvalue weighted by Crippen LogP contribution is 2.40. The Bertz CT molecular complexity index is 1760. The Balaban J connectivity index is 0.000000343. The van der Waals surface area contributed by atoms with E-state index in [-0.39, 0.29) is 23.5 Å². The van der Waals surface area contributed by atoms with Crippen molar-refractivity contribution >= 4 is 21.9 Å². The molecule has 2 amide bonds. The van der Waals surface area contributed by atoms with E-state index in [4.69, 9.17) is 4.55 Å². The second-order valence-electron chi connectivity index (χ2n) is 13.3. The van der Waals surface area contributed by atoms with Crippen molar-refractivity contribution in [1.29, 1.82) is 0 Å². The number of halogens is 1. The van der Waals surface area contributed by atoms with Gasteiger partial charge in [-0.2, -0.15) is 8.42 Å². The van der Waals surface area contributed by atoms with E-state index in [0.29, 0.717) is 37.0 Å². The maximum atomic E-state index is 13.4. The Morgan fingerprint density at radius 2 is 1.76 bits per heavy atom. The van der Waals surface area contributed by atoms with Crippen LogP contribution in [0.25, 0.3) is 5.69 Å². The number of likely N-dealkylation sites (N-methyl/N-ethyl adjacent to an activating group) is 1. The summed E-state index contributed by atoms with van der Waals surface area (Å²) >= 11 is 0. The number of piperazine rings is 1. The van der Waals surface area contributed by atoms with Gasteiger partial charge in [-0.25, -0.2) is 9.07 Å². The molecule has 3 N–H and O–H groups in total. The summed E-state index contributed by atoms with van der Waals surface area (Å²) in [6.45, 7) is 6.98. The van der Waals surface area contributed by atoms with E-state index in [1.165, 1.54) is 25.1 Å². The molecule has 6 rings (SSSR count). The van der Waals surface area contributed by atoms with Crippen LogP contribution in [0.3, 0.4) is 0 Å². The van der Waals surface area contributed by atoms with Crippen molar-refractivity contribution < 1.29 is 27.0 Å². The fourth-order valence-electron chi connectivity index (χ4n) is 6.09. The molecule has 1 aliphatic heterocycles. The SMILES string of the molecule is CC1C=CC=CC1(C)S(=O)(=O)O.CN1CCN(C(=O)[C@H](CCCN[C@@H]2C[C@H]2c2ccc(F)cc2)NC(=O)c2ccc(-n3ccnn3)cc2)CC1. The third kappa shape index (κ3) is 9.30. The number of nitrogens with zero attached hydrogens (tertiary/aromatic N) is 5. The van der Waals surface area contributed by atoms with Gasteiger partial charge in [-0.05, 0) is 87.7 Å². The molecule has 268 valence electrons. The van der Waals surface area contributed by atoms with Crippen LogP contribution in [0.2, 0.25) is 0 Å². The minimum Gasteiger partial charge on any atom is -0.340 e. The average Bonchev–Trinajstić information content (AvgIpc) is 3.65. The van der Waals surface area contributed by atoms with Crippen LogP contribution in [0.5, 0.6) is 0 Å². The standard InChI is InChI=1S/C28H34FN7O2.C8H12O3S/c1-34-15-17-35(18-16-34)28(38)25(3-2-12-30-26-19-24(26)20-4-8-22(29)9-5-20)32-27(37)21-6-10-23(11-7-21)36-14-13-31-33-36;1-7-5-3-4-6-8(7,2)12(9,10)11/h4-11,13-14,24-26,30H,2-3,12,15-19H2,1H3,(H,32,37);3-7H,1-2H3,(H,9,10,11)/t24-,25-,26+;/m0./s1. The first-order valence-corrected chi connectivity index (χ1v) is 18.4. The maximum Gasteiger partial charge on any atom is 0.274 e. The number of carbonyl (C=O) groups excluding carboxylic acids is 2. The molecule has 0 spiro atoms. The van der Waals surface area contributed by atoms with Crippen LogP contribution in [0.1, 0.15) is 54.9 Å². The number of rotatable bonds is 11. The number of benzene rings is 2. The molecular formula is C36H46FN7O5S. The number of carbonyl (C=O) groups is 2. The molecule has 3 aliphatic rings. The van der Waals surface area contributed by atoms with Gasteiger partial charge in [-0.15, -0.1) is 5.10 Å². The number of hydrogen-bond donors (Lipinski definition) is 3. The molecule has 3 aromatic rings. The highest BCUT2D eigenvalue weighted by atomic mass is 32.2. The summed E-state index contributed by atoms with van der Waals surface area (Å²) in [7, 11) is -1.96. The summed E-state index contributed by atoms with van der Waals surface area (Å²) in [5.74, 6) is -0.310. The second kappa shape index (κ2) is 16.2. The summed E-state index contributed by atoms with van der Waals surface area (Å²) in [6.07, 6.45) is 12.3. The Hall–Kier alpha value is -4.24. The topological polar surface area (TPSA) is 150 Å². The van der Waals surface area contributed by atoms with Crippen LogP contribution in [-0.4, -0.2) is 106 Å². The molecule has 1 aromatic heterocycles. The molecule has 12 nitrogen and oxygen atoms in total. The molecule has 5 atom stereocenters. The van der Waals surface area contributed by atoms with Crippen LogP contribution in [0.4, 0.5) is 4.39 Å². The lowest BCUT2D eigenvalue weighted by Crippen LogP contribution is -2.54. The average molecular weight is 708 g/mol. The molecule has 2 heterocycles. The van der Waals surface area contributed by atoms with E-state index in [0.717, 1.165) is 43.7 Å². The number of allylic oxidation sites excluding steroid dienone is 3. The van der Waals surface area contributed by atoms with Crippen molar-refractivity contribution in [1.82, 2.24) is 35.4 Å². The summed E-state index contributed by atoms with van der Waals surface area (Å²) in [5.41, 5.74) is 2.44. The lowest BCUT2D eigenvalue weighted by atomic mass is 9.91.